The summed E-state index contributed by atoms with van der Waals surface area (Å²) in [6, 6.07) is 12.1. The number of aromatic amines is 2. The van der Waals surface area contributed by atoms with Gasteiger partial charge in [0.05, 0.1) is 92.4 Å². The predicted octanol–water partition coefficient (Wildman–Crippen LogP) is -5.43. The molecule has 9 atom stereocenters. The van der Waals surface area contributed by atoms with Gasteiger partial charge in [-0.05, 0) is 99.7 Å². The summed E-state index contributed by atoms with van der Waals surface area (Å²) in [6.07, 6.45) is 0.151. The van der Waals surface area contributed by atoms with Crippen molar-refractivity contribution in [3.05, 3.63) is 149 Å². The molecule has 50 heteroatoms. The third-order valence-electron chi connectivity index (χ3n) is 18.7. The number of amides is 6. The number of pyridine rings is 2. The summed E-state index contributed by atoms with van der Waals surface area (Å²) in [4.78, 5) is 177. The Morgan fingerprint density at radius 2 is 1.29 bits per heavy atom. The first-order chi connectivity index (χ1) is 59.2. The van der Waals surface area contributed by atoms with E-state index in [1.54, 1.807) is 49.5 Å². The van der Waals surface area contributed by atoms with Crippen molar-refractivity contribution >= 4 is 155 Å². The van der Waals surface area contributed by atoms with Crippen LogP contribution in [-0.4, -0.2) is 311 Å². The number of aromatic nitrogens is 10. The number of carboxylic acids is 5. The first-order valence-corrected chi connectivity index (χ1v) is 39.5. The fraction of sp³-hybridized carbons (Fsp3) is 0.462. The Morgan fingerprint density at radius 3 is 1.80 bits per heavy atom. The molecular weight excluding hydrogens is 1760 g/mol. The van der Waals surface area contributed by atoms with Gasteiger partial charge in [-0.1, -0.05) is 34.1 Å². The number of aliphatic carboxylic acids is 5. The molecule has 4 aliphatic heterocycles. The number of nitrogen functional groups attached to an aromatic ring is 1. The number of aromatic hydroxyl groups is 1. The second-order valence-corrected chi connectivity index (χ2v) is 30.8. The summed E-state index contributed by atoms with van der Waals surface area (Å²) >= 11 is 1.87. The van der Waals surface area contributed by atoms with Crippen molar-refractivity contribution in [3.63, 3.8) is 0 Å². The number of anilines is 2. The Balaban J connectivity index is 0.000000525. The average Bonchev–Trinajstić information content (AvgIpc) is 1.06. The van der Waals surface area contributed by atoms with Crippen molar-refractivity contribution < 1.29 is 130 Å². The number of nitrogens with one attached hydrogen (secondary N) is 8. The number of nitrogens with two attached hydrogens (primary N) is 2. The van der Waals surface area contributed by atoms with Crippen LogP contribution in [0.4, 0.5) is 16.4 Å². The van der Waals surface area contributed by atoms with Gasteiger partial charge < -0.3 is 139 Å². The standard InChI is InChI=1S/C19H19N7O6.C17H20N4O6.C10H16N2O3S.2C9H17NO5.C8H11NO3.C6H6N2O.Ca.ClH/c20-19-25-15-14(17(30)26-19)23-11(8-22-15)7-21-10-3-1-9(2-4-10)16(29)24-12(18(31)32)5-6-13(27)28;1-7-3-9-10(4-8(7)2)21(5-11(23)14(25)12(24)6-22)15-13(18-9)16(26)20-17(27)19-15;13-8(14)4-2-1-3-7-9-6(5-16-7)11-10(15)12-9;2*1-9(2,5-11)7(14)8(15)10-4-3-6(12)13;1-5-8(12)7(4-11)6(3-10)2-9-5;7-6(9)5-2-1-3-8-4-5;;/h1-4,8,12,21H,5-7H2,(H,24,29)(H,27,28)(H,31,32)(H3,20,22,25,26,30);3-4,11-12,14,22-25H,5-6H2,1-2H3,(H,20,26,27);6-7,9H,1-5H2,(H,13,14)(H2,11,12,15);2*7,11,14H,3-5H2,1-2H3,(H,10,15)(H,12,13);2,10-12H,3-4H2,1H3;1-4H,(H2,7,9);;1H/q;;;;;;;+2;/p-2/t12-;11-,12+,14-;6-,7-,9-;2*7-;;;;/m00000..../s1. The molecular formula is C78H105CaClN18O29S. The first kappa shape index (κ1) is 113. The van der Waals surface area contributed by atoms with E-state index in [0.29, 0.717) is 50.0 Å². The number of fused-ring (bicyclic) bond motifs is 4. The molecule has 0 saturated carbocycles. The topological polar surface area (TPSA) is 802 Å². The van der Waals surface area contributed by atoms with Gasteiger partial charge in [0.1, 0.15) is 42.3 Å². The molecule has 8 heterocycles. The number of carbonyl (C=O) groups is 10. The van der Waals surface area contributed by atoms with E-state index in [9.17, 15) is 103 Å². The molecule has 0 aliphatic carbocycles. The molecule has 0 spiro atoms. The number of rotatable bonds is 34. The van der Waals surface area contributed by atoms with Crippen LogP contribution in [0, 0.1) is 31.6 Å². The number of hydrogen-bond acceptors (Lipinski definition) is 36. The van der Waals surface area contributed by atoms with Crippen LogP contribution in [0.3, 0.4) is 0 Å². The average molecular weight is 1870 g/mol. The number of H-pyrrole nitrogens is 2. The van der Waals surface area contributed by atoms with E-state index in [1.165, 1.54) is 63.0 Å². The van der Waals surface area contributed by atoms with Crippen molar-refractivity contribution in [2.24, 2.45) is 16.6 Å². The molecule has 4 aromatic heterocycles. The second-order valence-electron chi connectivity index (χ2n) is 29.5. The Morgan fingerprint density at radius 1 is 0.695 bits per heavy atom. The van der Waals surface area contributed by atoms with E-state index in [2.05, 4.69) is 76.8 Å². The van der Waals surface area contributed by atoms with Crippen LogP contribution < -0.4 is 70.4 Å². The van der Waals surface area contributed by atoms with Crippen LogP contribution in [0.2, 0.25) is 0 Å². The second kappa shape index (κ2) is 54.7. The number of nitrogens with zero attached hydrogens (tertiary/aromatic N) is 8. The fourth-order valence-electron chi connectivity index (χ4n) is 11.1. The predicted molar refractivity (Wildman–Crippen MR) is 456 cm³/mol. The molecule has 0 bridgehead atoms. The number of thioether (sulfide) groups is 1. The number of hydrogen-bond donors (Lipinski definition) is 24. The molecule has 6 amide bonds. The zero-order chi connectivity index (χ0) is 94.6. The minimum absolute atomic E-state index is 0. The molecule has 2 saturated heterocycles. The third-order valence-corrected chi connectivity index (χ3v) is 20.3. The summed E-state index contributed by atoms with van der Waals surface area (Å²) in [5, 5.41) is 165. The monoisotopic (exact) mass is 1860 g/mol. The molecule has 4 aliphatic rings. The van der Waals surface area contributed by atoms with E-state index < -0.39 is 124 Å². The molecule has 696 valence electrons. The van der Waals surface area contributed by atoms with Crippen molar-refractivity contribution in [2.75, 3.05) is 49.7 Å². The first-order valence-electron chi connectivity index (χ1n) is 38.4. The van der Waals surface area contributed by atoms with Gasteiger partial charge in [-0.25, -0.2) is 29.3 Å². The van der Waals surface area contributed by atoms with E-state index in [-0.39, 0.29) is 193 Å². The summed E-state index contributed by atoms with van der Waals surface area (Å²) in [5.41, 5.74) is 12.3. The Labute approximate surface area is 768 Å². The molecule has 0 unspecified atom stereocenters. The van der Waals surface area contributed by atoms with Gasteiger partial charge in [-0.3, -0.25) is 58.3 Å². The maximum absolute atomic E-state index is 12.3. The molecule has 0 radical (unpaired) electrons. The number of aryl methyl sites for hydroxylation is 3. The van der Waals surface area contributed by atoms with Crippen molar-refractivity contribution in [2.45, 2.75) is 180 Å². The van der Waals surface area contributed by atoms with Gasteiger partial charge in [0.15, 0.2) is 22.7 Å². The number of aliphatic hydroxyl groups excluding tert-OH is 10. The van der Waals surface area contributed by atoms with Gasteiger partial charge in [0.2, 0.25) is 23.7 Å². The van der Waals surface area contributed by atoms with Gasteiger partial charge in [-0.15, -0.1) is 12.4 Å². The van der Waals surface area contributed by atoms with E-state index in [1.807, 2.05) is 25.6 Å². The normalized spacial score (nSPS) is 14.8. The zero-order valence-electron chi connectivity index (χ0n) is 70.5. The van der Waals surface area contributed by atoms with Gasteiger partial charge in [0, 0.05) is 114 Å². The van der Waals surface area contributed by atoms with Crippen LogP contribution in [0.1, 0.15) is 133 Å². The van der Waals surface area contributed by atoms with Crippen molar-refractivity contribution in [1.29, 1.82) is 0 Å². The van der Waals surface area contributed by atoms with Gasteiger partial charge >= 0.3 is 67.4 Å². The zero-order valence-corrected chi connectivity index (χ0v) is 74.3. The number of aliphatic hydroxyl groups is 10. The van der Waals surface area contributed by atoms with Crippen LogP contribution in [0.5, 0.6) is 5.75 Å². The SMILES string of the molecule is CC(C)(CO)[C@@H](O)C(=O)NCCC(=O)[O-].CC(C)(CO)[C@@H](O)C(=O)NCCC(=O)[O-].Cc1cc2nc3c(=O)[nH]c(=O)nc-3n(C[C@H](O)[C@H](O)[C@H](O)CO)c2cc1C.Cc1ncc(CO)c(CO)c1O.Cl.NC(=O)c1cccnc1.Nc1nc2ncc(CNc3ccc(C(=O)N[C@@H](CCC(=O)O)C(=O)O)cc3)nc2c(=O)[nH]1.O=C(O)CCCC[C@@H]1SC[C@@H]2NC(=O)N[C@@H]21.[Ca+2]. The summed E-state index contributed by atoms with van der Waals surface area (Å²) in [6.45, 7) is 9.29. The maximum Gasteiger partial charge on any atom is 2.00 e. The number of primary amides is 1. The summed E-state index contributed by atoms with van der Waals surface area (Å²) in [5.74, 6) is -7.39. The molecule has 6 aromatic rings. The molecule has 128 heavy (non-hydrogen) atoms. The van der Waals surface area contributed by atoms with Crippen LogP contribution in [0.15, 0.2) is 87.7 Å². The smallest absolute Gasteiger partial charge is 0.550 e. The molecule has 47 nitrogen and oxygen atoms in total. The van der Waals surface area contributed by atoms with Crippen LogP contribution in [-0.2, 0) is 59.9 Å². The number of carbonyl (C=O) groups excluding carboxylic acids is 7. The Kier molecular flexibility index (Phi) is 48.2. The van der Waals surface area contributed by atoms with Gasteiger partial charge in [-0.2, -0.15) is 21.7 Å². The van der Waals surface area contributed by atoms with E-state index >= 15 is 0 Å². The minimum Gasteiger partial charge on any atom is -0.550 e. The molecule has 10 rings (SSSR count). The van der Waals surface area contributed by atoms with E-state index in [4.69, 9.17) is 52.3 Å². The number of urea groups is 1. The van der Waals surface area contributed by atoms with Gasteiger partial charge in [0.25, 0.3) is 17.0 Å². The molecule has 2 aromatic carbocycles. The van der Waals surface area contributed by atoms with Crippen molar-refractivity contribution in [3.8, 4) is 17.3 Å². The quantitative estimate of drug-likeness (QED) is 0.00775. The van der Waals surface area contributed by atoms with Crippen molar-refractivity contribution in [1.82, 2.24) is 76.0 Å². The third kappa shape index (κ3) is 36.1. The number of benzene rings is 2. The molecule has 26 N–H and O–H groups in total. The molecule has 2 fully saturated rings. The number of carboxylic acid groups (broad SMARTS) is 5. The maximum atomic E-state index is 12.3. The largest absolute Gasteiger partial charge is 2.00 e. The Bertz CT molecular complexity index is 5150. The van der Waals surface area contributed by atoms with E-state index in [0.717, 1.165) is 36.1 Å². The minimum atomic E-state index is -1.64. The Hall–Kier alpha value is -11.4. The summed E-state index contributed by atoms with van der Waals surface area (Å²) in [7, 11) is 0. The van der Waals surface area contributed by atoms with Crippen LogP contribution >= 0.6 is 24.2 Å². The fourth-order valence-corrected chi connectivity index (χ4v) is 12.6. The number of halogens is 1. The number of unbranched alkanes of at least 4 members (excludes halogenated alkanes) is 1. The van der Waals surface area contributed by atoms with Crippen LogP contribution in [0.25, 0.3) is 33.7 Å². The summed E-state index contributed by atoms with van der Waals surface area (Å²) < 4.78 is 1.40.